The zero-order valence-electron chi connectivity index (χ0n) is 18.2. The Bertz CT molecular complexity index is 1040. The zero-order chi connectivity index (χ0) is 22.1. The van der Waals surface area contributed by atoms with E-state index in [1.165, 1.54) is 11.4 Å². The van der Waals surface area contributed by atoms with Gasteiger partial charge in [-0.05, 0) is 49.6 Å². The minimum absolute atomic E-state index is 0.152. The van der Waals surface area contributed by atoms with Gasteiger partial charge in [0.1, 0.15) is 11.4 Å². The molecule has 1 atom stereocenters. The number of anilines is 1. The molecular formula is C23H30N2O4S. The maximum absolute atomic E-state index is 13.1. The number of para-hydroxylation sites is 1. The maximum Gasteiger partial charge on any atom is 0.251 e. The molecule has 0 radical (unpaired) electrons. The first-order valence-corrected chi connectivity index (χ1v) is 12.1. The van der Waals surface area contributed by atoms with Crippen molar-refractivity contribution in [3.05, 3.63) is 59.2 Å². The molecule has 0 saturated carbocycles. The van der Waals surface area contributed by atoms with E-state index in [4.69, 9.17) is 4.74 Å². The quantitative estimate of drug-likeness (QED) is 0.745. The highest BCUT2D eigenvalue weighted by molar-refractivity contribution is 7.92. The summed E-state index contributed by atoms with van der Waals surface area (Å²) in [5, 5.41) is 3.17. The van der Waals surface area contributed by atoms with Gasteiger partial charge in [0.05, 0.1) is 18.0 Å². The van der Waals surface area contributed by atoms with E-state index >= 15 is 0 Å². The number of nitrogens with zero attached hydrogens (tertiary/aromatic N) is 1. The van der Waals surface area contributed by atoms with Gasteiger partial charge in [-0.3, -0.25) is 9.10 Å². The Morgan fingerprint density at radius 3 is 2.47 bits per heavy atom. The highest BCUT2D eigenvalue weighted by Gasteiger charge is 2.39. The van der Waals surface area contributed by atoms with Gasteiger partial charge in [-0.25, -0.2) is 8.42 Å². The molecule has 1 aliphatic rings. The fourth-order valence-electron chi connectivity index (χ4n) is 4.00. The van der Waals surface area contributed by atoms with E-state index in [1.54, 1.807) is 25.1 Å². The third kappa shape index (κ3) is 4.31. The number of rotatable bonds is 6. The van der Waals surface area contributed by atoms with E-state index in [0.717, 1.165) is 36.0 Å². The molecule has 0 bridgehead atoms. The van der Waals surface area contributed by atoms with Crippen LogP contribution in [0.3, 0.4) is 0 Å². The molecule has 0 spiro atoms. The lowest BCUT2D eigenvalue weighted by Crippen LogP contribution is -2.44. The molecule has 162 valence electrons. The van der Waals surface area contributed by atoms with Crippen molar-refractivity contribution in [2.24, 2.45) is 0 Å². The lowest BCUT2D eigenvalue weighted by atomic mass is 9.83. The van der Waals surface area contributed by atoms with Crippen LogP contribution in [0, 0.1) is 6.92 Å². The Kier molecular flexibility index (Phi) is 6.13. The number of carbonyl (C=O) groups excluding carboxylic acids is 1. The Morgan fingerprint density at radius 1 is 1.20 bits per heavy atom. The number of sulfonamides is 1. The first kappa shape index (κ1) is 22.2. The lowest BCUT2D eigenvalue weighted by molar-refractivity contribution is 0.0227. The van der Waals surface area contributed by atoms with Gasteiger partial charge in [-0.2, -0.15) is 0 Å². The Morgan fingerprint density at radius 2 is 1.87 bits per heavy atom. The van der Waals surface area contributed by atoms with Gasteiger partial charge in [-0.15, -0.1) is 0 Å². The number of hydrogen-bond acceptors (Lipinski definition) is 4. The van der Waals surface area contributed by atoms with Crippen molar-refractivity contribution in [3.8, 4) is 5.75 Å². The number of ether oxygens (including phenoxy) is 1. The molecule has 0 aromatic heterocycles. The second-order valence-electron chi connectivity index (χ2n) is 7.99. The van der Waals surface area contributed by atoms with Crippen molar-refractivity contribution in [1.82, 2.24) is 5.32 Å². The fraction of sp³-hybridized carbons (Fsp3) is 0.435. The summed E-state index contributed by atoms with van der Waals surface area (Å²) in [5.41, 5.74) is 2.46. The van der Waals surface area contributed by atoms with Crippen LogP contribution in [-0.4, -0.2) is 33.2 Å². The predicted octanol–water partition coefficient (Wildman–Crippen LogP) is 4.20. The summed E-state index contributed by atoms with van der Waals surface area (Å²) >= 11 is 0. The first-order chi connectivity index (χ1) is 14.1. The summed E-state index contributed by atoms with van der Waals surface area (Å²) in [7, 11) is -1.86. The van der Waals surface area contributed by atoms with E-state index in [9.17, 15) is 13.2 Å². The molecule has 3 rings (SSSR count). The van der Waals surface area contributed by atoms with Crippen molar-refractivity contribution in [2.45, 2.75) is 51.7 Å². The number of benzene rings is 2. The normalized spacial score (nSPS) is 17.6. The first-order valence-electron chi connectivity index (χ1n) is 10.2. The lowest BCUT2D eigenvalue weighted by Gasteiger charge is -2.41. The summed E-state index contributed by atoms with van der Waals surface area (Å²) < 4.78 is 31.2. The number of aryl methyl sites for hydroxylation is 1. The van der Waals surface area contributed by atoms with Crippen LogP contribution in [0.2, 0.25) is 0 Å². The molecule has 0 saturated heterocycles. The number of amides is 1. The van der Waals surface area contributed by atoms with Crippen LogP contribution in [-0.2, 0) is 10.0 Å². The highest BCUT2D eigenvalue weighted by atomic mass is 32.2. The molecule has 2 aromatic rings. The van der Waals surface area contributed by atoms with Crippen LogP contribution in [0.4, 0.5) is 5.69 Å². The molecule has 1 amide bonds. The van der Waals surface area contributed by atoms with Gasteiger partial charge < -0.3 is 10.1 Å². The second kappa shape index (κ2) is 8.30. The maximum atomic E-state index is 13.1. The topological polar surface area (TPSA) is 75.7 Å². The van der Waals surface area contributed by atoms with Gasteiger partial charge in [-0.1, -0.05) is 32.0 Å². The molecule has 6 nitrogen and oxygen atoms in total. The average Bonchev–Trinajstić information content (AvgIpc) is 2.72. The number of fused-ring (bicyclic) bond motifs is 1. The van der Waals surface area contributed by atoms with Crippen LogP contribution < -0.4 is 14.4 Å². The third-order valence-corrected chi connectivity index (χ3v) is 7.28. The zero-order valence-corrected chi connectivity index (χ0v) is 19.0. The average molecular weight is 431 g/mol. The SMILES string of the molecule is CCC1(CC)CC(NC(=O)c2ccc(N(C)S(C)(=O)=O)c(C)c2)c2ccccc2O1. The number of carbonyl (C=O) groups is 1. The van der Waals surface area contributed by atoms with Crippen LogP contribution in [0.25, 0.3) is 0 Å². The van der Waals surface area contributed by atoms with Crippen molar-refractivity contribution >= 4 is 21.6 Å². The summed E-state index contributed by atoms with van der Waals surface area (Å²) in [6.07, 6.45) is 3.58. The monoisotopic (exact) mass is 430 g/mol. The molecule has 1 heterocycles. The highest BCUT2D eigenvalue weighted by Crippen LogP contribution is 2.42. The van der Waals surface area contributed by atoms with E-state index in [-0.39, 0.29) is 17.6 Å². The molecule has 2 aromatic carbocycles. The molecule has 1 unspecified atom stereocenters. The molecule has 0 fully saturated rings. The van der Waals surface area contributed by atoms with E-state index in [1.807, 2.05) is 24.3 Å². The van der Waals surface area contributed by atoms with Crippen LogP contribution in [0.5, 0.6) is 5.75 Å². The molecule has 1 aliphatic heterocycles. The van der Waals surface area contributed by atoms with Crippen molar-refractivity contribution < 1.29 is 17.9 Å². The summed E-state index contributed by atoms with van der Waals surface area (Å²) in [6, 6.07) is 12.7. The third-order valence-electron chi connectivity index (χ3n) is 6.09. The van der Waals surface area contributed by atoms with Crippen LogP contribution in [0.1, 0.15) is 60.6 Å². The second-order valence-corrected chi connectivity index (χ2v) is 10.0. The van der Waals surface area contributed by atoms with Gasteiger partial charge in [0.25, 0.3) is 5.91 Å². The van der Waals surface area contributed by atoms with Gasteiger partial charge in [0.2, 0.25) is 10.0 Å². The summed E-state index contributed by atoms with van der Waals surface area (Å²) in [4.78, 5) is 13.1. The van der Waals surface area contributed by atoms with E-state index in [2.05, 4.69) is 19.2 Å². The van der Waals surface area contributed by atoms with Crippen molar-refractivity contribution in [3.63, 3.8) is 0 Å². The van der Waals surface area contributed by atoms with E-state index < -0.39 is 10.0 Å². The summed E-state index contributed by atoms with van der Waals surface area (Å²) in [5.74, 6) is 0.633. The van der Waals surface area contributed by atoms with Crippen molar-refractivity contribution in [2.75, 3.05) is 17.6 Å². The summed E-state index contributed by atoms with van der Waals surface area (Å²) in [6.45, 7) is 6.02. The molecule has 0 aliphatic carbocycles. The van der Waals surface area contributed by atoms with E-state index in [0.29, 0.717) is 17.7 Å². The Hall–Kier alpha value is -2.54. The predicted molar refractivity (Wildman–Crippen MR) is 120 cm³/mol. The standard InChI is InChI=1S/C23H30N2O4S/c1-6-23(7-2)15-19(18-10-8-9-11-21(18)29-23)24-22(26)17-12-13-20(16(3)14-17)25(4)30(5,27)28/h8-14,19H,6-7,15H2,1-5H3,(H,24,26). The van der Waals surface area contributed by atoms with Crippen molar-refractivity contribution in [1.29, 1.82) is 0 Å². The number of hydrogen-bond donors (Lipinski definition) is 1. The Labute approximate surface area is 179 Å². The minimum atomic E-state index is -3.37. The molecule has 30 heavy (non-hydrogen) atoms. The van der Waals surface area contributed by atoms with Crippen LogP contribution in [0.15, 0.2) is 42.5 Å². The van der Waals surface area contributed by atoms with Gasteiger partial charge in [0, 0.05) is 24.6 Å². The van der Waals surface area contributed by atoms with Crippen LogP contribution >= 0.6 is 0 Å². The Balaban J connectivity index is 1.87. The van der Waals surface area contributed by atoms with Gasteiger partial charge in [0.15, 0.2) is 0 Å². The minimum Gasteiger partial charge on any atom is -0.487 e. The molecule has 7 heteroatoms. The fourth-order valence-corrected chi connectivity index (χ4v) is 4.56. The molecular weight excluding hydrogens is 400 g/mol. The smallest absolute Gasteiger partial charge is 0.251 e. The molecule has 1 N–H and O–H groups in total. The largest absolute Gasteiger partial charge is 0.487 e. The number of nitrogens with one attached hydrogen (secondary N) is 1. The van der Waals surface area contributed by atoms with Gasteiger partial charge >= 0.3 is 0 Å².